The molecule has 2 aromatic heterocycles. The second-order valence-corrected chi connectivity index (χ2v) is 19.6. The summed E-state index contributed by atoms with van der Waals surface area (Å²) in [5.41, 5.74) is 5.99. The molecule has 0 atom stereocenters. The van der Waals surface area contributed by atoms with Crippen LogP contribution in [0.25, 0.3) is 33.1 Å². The van der Waals surface area contributed by atoms with Crippen LogP contribution in [0.3, 0.4) is 0 Å². The molecule has 5 aromatic carbocycles. The van der Waals surface area contributed by atoms with Crippen LogP contribution in [0.1, 0.15) is 75.9 Å². The number of aromatic nitrogens is 2. The average Bonchev–Trinajstić information content (AvgIpc) is 3.38. The average molecular weight is 1150 g/mol. The van der Waals surface area contributed by atoms with Crippen LogP contribution in [-0.4, -0.2) is 111 Å². The van der Waals surface area contributed by atoms with Gasteiger partial charge in [-0.05, 0) is 136 Å². The lowest BCUT2D eigenvalue weighted by molar-refractivity contribution is 0.0697. The number of carboxylic acid groups (broad SMARTS) is 1. The van der Waals surface area contributed by atoms with Crippen molar-refractivity contribution in [2.24, 2.45) is 9.98 Å². The quantitative estimate of drug-likeness (QED) is 0.00601. The summed E-state index contributed by atoms with van der Waals surface area (Å²) < 4.78 is 30.1. The van der Waals surface area contributed by atoms with Crippen molar-refractivity contribution in [3.63, 3.8) is 0 Å². The first-order valence-electron chi connectivity index (χ1n) is 24.0. The number of aromatic carboxylic acids is 1. The Morgan fingerprint density at radius 3 is 1.91 bits per heavy atom. The van der Waals surface area contributed by atoms with Crippen molar-refractivity contribution in [3.05, 3.63) is 133 Å². The third-order valence-electron chi connectivity index (χ3n) is 12.2. The number of ether oxygens (including phenoxy) is 4. The largest absolute Gasteiger partial charge is 0.497 e. The molecular formula is C55H59Br2N8O10+. The second-order valence-electron chi connectivity index (χ2n) is 17.9. The lowest BCUT2D eigenvalue weighted by Gasteiger charge is -2.16. The normalized spacial score (nSPS) is 11.7. The zero-order chi connectivity index (χ0) is 53.9. The lowest BCUT2D eigenvalue weighted by Crippen LogP contribution is -2.25. The molecule has 7 N–H and O–H groups in total. The van der Waals surface area contributed by atoms with Gasteiger partial charge in [0.05, 0.1) is 63.8 Å². The first kappa shape index (κ1) is 55.0. The van der Waals surface area contributed by atoms with Gasteiger partial charge in [-0.3, -0.25) is 20.8 Å². The van der Waals surface area contributed by atoms with Crippen LogP contribution in [-0.2, 0) is 6.42 Å². The zero-order valence-electron chi connectivity index (χ0n) is 42.4. The number of anilines is 2. The molecule has 18 nitrogen and oxygen atoms in total. The van der Waals surface area contributed by atoms with Gasteiger partial charge in [0.25, 0.3) is 0 Å². The molecule has 0 amide bonds. The van der Waals surface area contributed by atoms with Gasteiger partial charge in [0.15, 0.2) is 28.8 Å². The molecule has 0 radical (unpaired) electrons. The number of carbonyl (C=O) groups is 2. The van der Waals surface area contributed by atoms with Gasteiger partial charge in [-0.15, -0.1) is 0 Å². The van der Waals surface area contributed by atoms with E-state index in [9.17, 15) is 24.9 Å². The molecule has 0 aliphatic rings. The molecule has 0 aliphatic heterocycles. The first-order chi connectivity index (χ1) is 36.0. The Balaban J connectivity index is 0.897. The predicted octanol–water partition coefficient (Wildman–Crippen LogP) is 11.0. The van der Waals surface area contributed by atoms with Crippen molar-refractivity contribution in [2.45, 2.75) is 44.9 Å². The molecule has 0 saturated carbocycles. The fourth-order valence-corrected chi connectivity index (χ4v) is 9.60. The van der Waals surface area contributed by atoms with Crippen LogP contribution < -0.4 is 39.9 Å². The number of aromatic amines is 2. The third kappa shape index (κ3) is 13.5. The number of hydrogen-bond acceptors (Lipinski definition) is 12. The lowest BCUT2D eigenvalue weighted by atomic mass is 9.92. The Hall–Kier alpha value is -7.71. The van der Waals surface area contributed by atoms with E-state index in [0.29, 0.717) is 129 Å². The minimum atomic E-state index is -1.23. The topological polar surface area (TPSA) is 254 Å². The van der Waals surface area contributed by atoms with Gasteiger partial charge in [0.2, 0.25) is 11.6 Å². The summed E-state index contributed by atoms with van der Waals surface area (Å²) in [5.74, 6) is -0.586. The number of carbonyl (C=O) groups excluding carboxylic acids is 1. The van der Waals surface area contributed by atoms with Crippen molar-refractivity contribution in [1.29, 1.82) is 10.8 Å². The minimum Gasteiger partial charge on any atom is -0.497 e. The first-order valence-corrected chi connectivity index (χ1v) is 25.6. The van der Waals surface area contributed by atoms with Gasteiger partial charge in [0, 0.05) is 88.4 Å². The third-order valence-corrected chi connectivity index (χ3v) is 13.4. The number of esters is 1. The van der Waals surface area contributed by atoms with E-state index in [2.05, 4.69) is 51.8 Å². The second kappa shape index (κ2) is 25.0. The van der Waals surface area contributed by atoms with Crippen LogP contribution in [0.2, 0.25) is 0 Å². The van der Waals surface area contributed by atoms with Crippen LogP contribution in [0.15, 0.2) is 108 Å². The van der Waals surface area contributed by atoms with E-state index < -0.39 is 11.9 Å². The number of benzene rings is 5. The number of nitrogens with zero attached hydrogens (tertiary/aromatic N) is 4. The summed E-state index contributed by atoms with van der Waals surface area (Å²) in [7, 11) is 10.8. The van der Waals surface area contributed by atoms with Crippen LogP contribution in [0.5, 0.6) is 23.0 Å². The van der Waals surface area contributed by atoms with Gasteiger partial charge < -0.3 is 54.0 Å². The number of nitrogens with one attached hydrogen (secondary N) is 4. The maximum absolute atomic E-state index is 13.7. The highest BCUT2D eigenvalue weighted by molar-refractivity contribution is 9.11. The van der Waals surface area contributed by atoms with Crippen LogP contribution in [0, 0.1) is 10.8 Å². The Morgan fingerprint density at radius 2 is 1.33 bits per heavy atom. The van der Waals surface area contributed by atoms with Crippen molar-refractivity contribution in [1.82, 2.24) is 9.97 Å². The fourth-order valence-electron chi connectivity index (χ4n) is 8.25. The standard InChI is InChI=1S/C55H58Br2N8O10/c1-64(2)35-14-17-38-43(28-35)74-44-29-36(65(3)4)15-18-39(44)48(38)37-16-13-32(25-40(37)53(68)69)54(70)75-49-41(56)26-33(27-42(49)57)52(67)61-20-10-7-9-19-60-47(66)12-8-11-21-73-50-45(71-5)23-31(24-46(50)72-6)22-34-30-62-55(59)63-51(34)58/h13-18,23-30H,7-12,19-22H2,1-6H3,(H6-,58,59,60,61,62,63,66,67,68,69)/p+1. The molecule has 0 saturated heterocycles. The molecular weight excluding hydrogens is 1090 g/mol. The molecule has 0 aliphatic carbocycles. The van der Waals surface area contributed by atoms with E-state index in [1.165, 1.54) is 12.1 Å². The van der Waals surface area contributed by atoms with Crippen molar-refractivity contribution in [2.75, 3.05) is 71.9 Å². The molecule has 75 heavy (non-hydrogen) atoms. The summed E-state index contributed by atoms with van der Waals surface area (Å²) >= 11 is 6.92. The number of unbranched alkanes of at least 4 members (excludes halogenated alkanes) is 3. The zero-order valence-corrected chi connectivity index (χ0v) is 45.6. The maximum Gasteiger partial charge on any atom is 0.363 e. The predicted molar refractivity (Wildman–Crippen MR) is 297 cm³/mol. The number of rotatable bonds is 23. The van der Waals surface area contributed by atoms with Crippen LogP contribution >= 0.6 is 31.9 Å². The molecule has 2 heterocycles. The summed E-state index contributed by atoms with van der Waals surface area (Å²) in [5, 5.41) is 49.0. The summed E-state index contributed by atoms with van der Waals surface area (Å²) in [6, 6.07) is 22.8. The Labute approximate surface area is 449 Å². The van der Waals surface area contributed by atoms with Crippen molar-refractivity contribution >= 4 is 88.9 Å². The van der Waals surface area contributed by atoms with Gasteiger partial charge in [-0.1, -0.05) is 6.07 Å². The van der Waals surface area contributed by atoms with Gasteiger partial charge in [0.1, 0.15) is 5.49 Å². The number of methoxy groups -OCH3 is 2. The van der Waals surface area contributed by atoms with E-state index in [1.54, 1.807) is 38.6 Å². The van der Waals surface area contributed by atoms with E-state index >= 15 is 0 Å². The number of aliphatic imine (C=N–C) groups is 2. The number of hydrogen-bond donors (Lipinski definition) is 7. The van der Waals surface area contributed by atoms with E-state index in [0.717, 1.165) is 23.4 Å². The molecule has 7 aromatic rings. The molecule has 0 bridgehead atoms. The number of fused-ring (bicyclic) bond motifs is 2. The van der Waals surface area contributed by atoms with E-state index in [-0.39, 0.29) is 39.8 Å². The minimum absolute atomic E-state index is 0.0153. The fraction of sp³-hybridized carbons (Fsp3) is 0.291. The van der Waals surface area contributed by atoms with Crippen LogP contribution in [0.4, 0.5) is 11.4 Å². The van der Waals surface area contributed by atoms with Crippen molar-refractivity contribution < 1.29 is 48.3 Å². The van der Waals surface area contributed by atoms with Gasteiger partial charge >= 0.3 is 23.1 Å². The number of H-pyrrole nitrogens is 2. The molecule has 0 fully saturated rings. The smallest absolute Gasteiger partial charge is 0.363 e. The number of aliphatic hydroxyl groups excluding tert-OH is 2. The SMILES string of the molecule is COc1cc(Cc2c[nH]c(=N)[nH]c2=N)cc(OC)c1OCCCCC(O)=NCCCCCN=C(O)c1cc(Br)c(OC(=O)c2ccc(-c3c4ccc(N(C)C)cc4[o+]c4cc(N(C)C)ccc34)c(C(=O)O)c2)c(Br)c1. The molecule has 0 spiro atoms. The van der Waals surface area contributed by atoms with E-state index in [1.807, 2.05) is 86.5 Å². The number of halogens is 2. The Morgan fingerprint density at radius 1 is 0.720 bits per heavy atom. The monoisotopic (exact) mass is 1150 g/mol. The summed E-state index contributed by atoms with van der Waals surface area (Å²) in [4.78, 5) is 44.6. The highest BCUT2D eigenvalue weighted by Crippen LogP contribution is 2.42. The highest BCUT2D eigenvalue weighted by atomic mass is 79.9. The van der Waals surface area contributed by atoms with Gasteiger partial charge in [-0.2, -0.15) is 0 Å². The Bertz CT molecular complexity index is 3330. The molecule has 0 unspecified atom stereocenters. The molecule has 7 rings (SSSR count). The molecule has 20 heteroatoms. The number of aliphatic hydroxyl groups is 2. The van der Waals surface area contributed by atoms with Crippen molar-refractivity contribution in [3.8, 4) is 34.1 Å². The molecule has 392 valence electrons. The van der Waals surface area contributed by atoms with Gasteiger partial charge in [-0.25, -0.2) is 14.0 Å². The highest BCUT2D eigenvalue weighted by Gasteiger charge is 2.27. The number of carboxylic acids is 1. The maximum atomic E-state index is 13.7. The summed E-state index contributed by atoms with van der Waals surface area (Å²) in [6.45, 7) is 1.15. The van der Waals surface area contributed by atoms with E-state index in [4.69, 9.17) is 34.2 Å². The summed E-state index contributed by atoms with van der Waals surface area (Å²) in [6.07, 6.45) is 5.88. The Kier molecular flexibility index (Phi) is 18.4.